The van der Waals surface area contributed by atoms with Gasteiger partial charge in [-0.3, -0.25) is 5.32 Å². The second-order valence-corrected chi connectivity index (χ2v) is 7.65. The first-order chi connectivity index (χ1) is 16.0. The molecular formula is C24H20FN5O3. The lowest BCUT2D eigenvalue weighted by molar-refractivity contribution is -0.140. The Morgan fingerprint density at radius 2 is 1.70 bits per heavy atom. The second-order valence-electron chi connectivity index (χ2n) is 7.65. The molecule has 2 aromatic heterocycles. The fourth-order valence-corrected chi connectivity index (χ4v) is 3.48. The molecule has 33 heavy (non-hydrogen) atoms. The Labute approximate surface area is 189 Å². The molecule has 1 N–H and O–H groups in total. The Hall–Kier alpha value is -4.11. The van der Waals surface area contributed by atoms with Gasteiger partial charge in [0.2, 0.25) is 5.67 Å². The Kier molecular flexibility index (Phi) is 5.31. The number of ether oxygens (including phenoxy) is 2. The standard InChI is InChI=1S/C24H20FN5O3/c1-16-20(17-12-26-22(27-13-17)24(25)14-32-15-24)29-30(18-8-4-2-5-9-18)21(16)28-23(31)33-19-10-6-3-7-11-19/h2-13H,14-15H2,1H3,(H,28,31). The summed E-state index contributed by atoms with van der Waals surface area (Å²) in [6.07, 6.45) is 2.40. The highest BCUT2D eigenvalue weighted by molar-refractivity contribution is 5.88. The van der Waals surface area contributed by atoms with Crippen molar-refractivity contribution >= 4 is 11.9 Å². The summed E-state index contributed by atoms with van der Waals surface area (Å²) in [5.74, 6) is 0.945. The number of carbonyl (C=O) groups excluding carboxylic acids is 1. The number of amides is 1. The number of carbonyl (C=O) groups is 1. The van der Waals surface area contributed by atoms with Crippen LogP contribution in [0.1, 0.15) is 11.4 Å². The summed E-state index contributed by atoms with van der Waals surface area (Å²) >= 11 is 0. The summed E-state index contributed by atoms with van der Waals surface area (Å²) < 4.78 is 26.5. The van der Waals surface area contributed by atoms with E-state index in [0.29, 0.717) is 28.4 Å². The molecule has 0 saturated carbocycles. The maximum absolute atomic E-state index is 14.5. The molecule has 1 amide bonds. The third-order valence-corrected chi connectivity index (χ3v) is 5.28. The monoisotopic (exact) mass is 445 g/mol. The molecule has 0 radical (unpaired) electrons. The van der Waals surface area contributed by atoms with Gasteiger partial charge in [-0.05, 0) is 31.2 Å². The number of aromatic nitrogens is 4. The van der Waals surface area contributed by atoms with Gasteiger partial charge >= 0.3 is 6.09 Å². The van der Waals surface area contributed by atoms with E-state index in [9.17, 15) is 9.18 Å². The SMILES string of the molecule is Cc1c(-c2cnc(C3(F)COC3)nc2)nn(-c2ccccc2)c1NC(=O)Oc1ccccc1. The summed E-state index contributed by atoms with van der Waals surface area (Å²) in [7, 11) is 0. The zero-order valence-corrected chi connectivity index (χ0v) is 17.7. The molecule has 1 fully saturated rings. The Morgan fingerprint density at radius 1 is 1.06 bits per heavy atom. The van der Waals surface area contributed by atoms with Gasteiger partial charge in [-0.2, -0.15) is 5.10 Å². The maximum atomic E-state index is 14.5. The number of hydrogen-bond acceptors (Lipinski definition) is 6. The second kappa shape index (κ2) is 8.44. The lowest BCUT2D eigenvalue weighted by Gasteiger charge is -2.31. The highest BCUT2D eigenvalue weighted by Gasteiger charge is 2.43. The lowest BCUT2D eigenvalue weighted by Crippen LogP contribution is -2.43. The summed E-state index contributed by atoms with van der Waals surface area (Å²) in [5, 5.41) is 7.48. The number of para-hydroxylation sites is 2. The van der Waals surface area contributed by atoms with E-state index in [1.54, 1.807) is 28.9 Å². The van der Waals surface area contributed by atoms with Gasteiger partial charge < -0.3 is 9.47 Å². The van der Waals surface area contributed by atoms with Crippen LogP contribution in [0.15, 0.2) is 73.1 Å². The van der Waals surface area contributed by atoms with Gasteiger partial charge in [0.15, 0.2) is 5.82 Å². The molecule has 166 valence electrons. The molecule has 1 aliphatic rings. The van der Waals surface area contributed by atoms with Crippen LogP contribution >= 0.6 is 0 Å². The number of halogens is 1. The number of nitrogens with one attached hydrogen (secondary N) is 1. The fourth-order valence-electron chi connectivity index (χ4n) is 3.48. The molecule has 0 atom stereocenters. The van der Waals surface area contributed by atoms with Crippen molar-refractivity contribution in [1.82, 2.24) is 19.7 Å². The van der Waals surface area contributed by atoms with E-state index in [4.69, 9.17) is 9.47 Å². The van der Waals surface area contributed by atoms with Gasteiger partial charge in [0, 0.05) is 23.5 Å². The van der Waals surface area contributed by atoms with Gasteiger partial charge in [0.25, 0.3) is 0 Å². The third kappa shape index (κ3) is 4.06. The smallest absolute Gasteiger partial charge is 0.410 e. The fraction of sp³-hybridized carbons (Fsp3) is 0.167. The molecule has 3 heterocycles. The van der Waals surface area contributed by atoms with Crippen molar-refractivity contribution in [3.05, 3.63) is 84.4 Å². The molecule has 9 heteroatoms. The molecule has 0 unspecified atom stereocenters. The highest BCUT2D eigenvalue weighted by atomic mass is 19.1. The minimum absolute atomic E-state index is 0.0500. The first-order valence-electron chi connectivity index (χ1n) is 10.3. The number of rotatable bonds is 5. The minimum Gasteiger partial charge on any atom is -0.410 e. The molecule has 2 aromatic carbocycles. The number of alkyl halides is 1. The summed E-state index contributed by atoms with van der Waals surface area (Å²) in [5.41, 5.74) is 0.925. The molecule has 0 aliphatic carbocycles. The van der Waals surface area contributed by atoms with Crippen LogP contribution in [0.4, 0.5) is 15.0 Å². The van der Waals surface area contributed by atoms with Crippen LogP contribution in [0.2, 0.25) is 0 Å². The largest absolute Gasteiger partial charge is 0.418 e. The number of benzene rings is 2. The molecule has 0 spiro atoms. The van der Waals surface area contributed by atoms with Crippen LogP contribution in [0.3, 0.4) is 0 Å². The van der Waals surface area contributed by atoms with E-state index >= 15 is 0 Å². The Balaban J connectivity index is 1.49. The van der Waals surface area contributed by atoms with Gasteiger partial charge in [-0.15, -0.1) is 0 Å². The zero-order valence-electron chi connectivity index (χ0n) is 17.7. The van der Waals surface area contributed by atoms with Crippen molar-refractivity contribution < 1.29 is 18.7 Å². The lowest BCUT2D eigenvalue weighted by atomic mass is 10.0. The topological polar surface area (TPSA) is 91.2 Å². The van der Waals surface area contributed by atoms with Gasteiger partial charge in [-0.1, -0.05) is 36.4 Å². The highest BCUT2D eigenvalue weighted by Crippen LogP contribution is 2.33. The van der Waals surface area contributed by atoms with Crippen molar-refractivity contribution in [1.29, 1.82) is 0 Å². The molecular weight excluding hydrogens is 425 g/mol. The van der Waals surface area contributed by atoms with Gasteiger partial charge in [-0.25, -0.2) is 23.8 Å². The van der Waals surface area contributed by atoms with Crippen LogP contribution in [0.5, 0.6) is 5.75 Å². The van der Waals surface area contributed by atoms with Crippen LogP contribution in [-0.2, 0) is 10.4 Å². The van der Waals surface area contributed by atoms with E-state index in [2.05, 4.69) is 20.4 Å². The van der Waals surface area contributed by atoms with E-state index in [1.807, 2.05) is 43.3 Å². The quantitative estimate of drug-likeness (QED) is 0.488. The third-order valence-electron chi connectivity index (χ3n) is 5.28. The summed E-state index contributed by atoms with van der Waals surface area (Å²) in [6, 6.07) is 18.1. The van der Waals surface area contributed by atoms with Crippen LogP contribution in [0.25, 0.3) is 16.9 Å². The van der Waals surface area contributed by atoms with Gasteiger partial charge in [0.1, 0.15) is 17.3 Å². The van der Waals surface area contributed by atoms with Crippen LogP contribution in [0, 0.1) is 6.92 Å². The summed E-state index contributed by atoms with van der Waals surface area (Å²) in [4.78, 5) is 21.0. The van der Waals surface area contributed by atoms with E-state index in [0.717, 1.165) is 5.69 Å². The zero-order chi connectivity index (χ0) is 22.8. The van der Waals surface area contributed by atoms with E-state index < -0.39 is 11.8 Å². The number of anilines is 1. The average molecular weight is 445 g/mol. The average Bonchev–Trinajstić information content (AvgIpc) is 3.14. The van der Waals surface area contributed by atoms with Crippen molar-refractivity contribution in [2.75, 3.05) is 18.5 Å². The van der Waals surface area contributed by atoms with Crippen LogP contribution < -0.4 is 10.1 Å². The minimum atomic E-state index is -1.65. The normalized spacial score (nSPS) is 14.4. The Morgan fingerprint density at radius 3 is 2.30 bits per heavy atom. The maximum Gasteiger partial charge on any atom is 0.418 e. The number of nitrogens with zero attached hydrogens (tertiary/aromatic N) is 4. The predicted molar refractivity (Wildman–Crippen MR) is 119 cm³/mol. The molecule has 1 aliphatic heterocycles. The van der Waals surface area contributed by atoms with Gasteiger partial charge in [0.05, 0.1) is 18.9 Å². The van der Waals surface area contributed by atoms with E-state index in [-0.39, 0.29) is 19.0 Å². The molecule has 0 bridgehead atoms. The van der Waals surface area contributed by atoms with Crippen molar-refractivity contribution in [3.63, 3.8) is 0 Å². The van der Waals surface area contributed by atoms with Crippen molar-refractivity contribution in [2.24, 2.45) is 0 Å². The first kappa shape index (κ1) is 20.8. The molecule has 5 rings (SSSR count). The molecule has 4 aromatic rings. The predicted octanol–water partition coefficient (Wildman–Crippen LogP) is 4.44. The summed E-state index contributed by atoms with van der Waals surface area (Å²) in [6.45, 7) is 1.72. The van der Waals surface area contributed by atoms with E-state index in [1.165, 1.54) is 12.4 Å². The number of hydrogen-bond donors (Lipinski definition) is 1. The Bertz CT molecular complexity index is 1270. The van der Waals surface area contributed by atoms with Crippen molar-refractivity contribution in [3.8, 4) is 22.7 Å². The van der Waals surface area contributed by atoms with Crippen molar-refractivity contribution in [2.45, 2.75) is 12.6 Å². The molecule has 8 nitrogen and oxygen atoms in total. The first-order valence-corrected chi connectivity index (χ1v) is 10.3. The van der Waals surface area contributed by atoms with Crippen LogP contribution in [-0.4, -0.2) is 39.1 Å². The molecule has 1 saturated heterocycles.